The molecule has 0 aliphatic heterocycles. The van der Waals surface area contributed by atoms with Gasteiger partial charge in [-0.1, -0.05) is 18.2 Å². The van der Waals surface area contributed by atoms with Crippen molar-refractivity contribution in [2.45, 2.75) is 6.92 Å². The third-order valence-corrected chi connectivity index (χ3v) is 5.23. The van der Waals surface area contributed by atoms with Crippen LogP contribution in [0.3, 0.4) is 0 Å². The average molecular weight is 426 g/mol. The Labute approximate surface area is 174 Å². The van der Waals surface area contributed by atoms with Gasteiger partial charge in [0.2, 0.25) is 0 Å². The molecule has 0 aliphatic carbocycles. The lowest BCUT2D eigenvalue weighted by atomic mass is 10.1. The third-order valence-electron chi connectivity index (χ3n) is 4.35. The van der Waals surface area contributed by atoms with Crippen LogP contribution in [0, 0.1) is 18.6 Å². The quantitative estimate of drug-likeness (QED) is 0.496. The summed E-state index contributed by atoms with van der Waals surface area (Å²) in [5.41, 5.74) is 1.77. The van der Waals surface area contributed by atoms with Crippen LogP contribution >= 0.6 is 11.3 Å². The maximum absolute atomic E-state index is 13.6. The second-order valence-corrected chi connectivity index (χ2v) is 7.54. The predicted molar refractivity (Wildman–Crippen MR) is 110 cm³/mol. The molecule has 0 bridgehead atoms. The van der Waals surface area contributed by atoms with E-state index in [4.69, 9.17) is 4.74 Å². The number of aromatic nitrogens is 3. The molecule has 2 aromatic carbocycles. The number of nitrogens with zero attached hydrogens (tertiary/aromatic N) is 3. The van der Waals surface area contributed by atoms with E-state index in [1.807, 2.05) is 30.3 Å². The number of carbonyl (C=O) groups excluding carboxylic acids is 1. The number of aryl methyl sites for hydroxylation is 1. The Bertz CT molecular complexity index is 1220. The molecule has 0 aliphatic rings. The minimum atomic E-state index is -0.957. The summed E-state index contributed by atoms with van der Waals surface area (Å²) in [5, 5.41) is 7.33. The van der Waals surface area contributed by atoms with Gasteiger partial charge in [-0.05, 0) is 37.3 Å². The molecule has 0 fully saturated rings. The highest BCUT2D eigenvalue weighted by Gasteiger charge is 2.21. The fraction of sp³-hybridized carbons (Fsp3) is 0.0952. The summed E-state index contributed by atoms with van der Waals surface area (Å²) < 4.78 is 33.6. The van der Waals surface area contributed by atoms with Gasteiger partial charge in [0.05, 0.1) is 24.7 Å². The molecule has 1 N–H and O–H groups in total. The lowest BCUT2D eigenvalue weighted by Gasteiger charge is -2.01. The second kappa shape index (κ2) is 8.03. The van der Waals surface area contributed by atoms with E-state index in [0.29, 0.717) is 22.1 Å². The number of halogens is 2. The molecule has 152 valence electrons. The second-order valence-electron chi connectivity index (χ2n) is 6.33. The number of methoxy groups -OCH3 is 1. The minimum absolute atomic E-state index is 0.101. The molecule has 0 radical (unpaired) electrons. The molecule has 1 amide bonds. The molecule has 2 heterocycles. The monoisotopic (exact) mass is 426 g/mol. The number of anilines is 1. The van der Waals surface area contributed by atoms with Gasteiger partial charge in [-0.15, -0.1) is 11.3 Å². The zero-order valence-electron chi connectivity index (χ0n) is 16.0. The maximum atomic E-state index is 13.6. The number of hydrogen-bond donors (Lipinski definition) is 1. The van der Waals surface area contributed by atoms with Crippen LogP contribution in [0.1, 0.15) is 15.4 Å². The highest BCUT2D eigenvalue weighted by molar-refractivity contribution is 7.16. The molecule has 4 aromatic rings. The molecular formula is C21H16F2N4O2S. The van der Waals surface area contributed by atoms with Crippen LogP contribution in [0.15, 0.2) is 54.7 Å². The molecule has 0 unspecified atom stereocenters. The molecular weight excluding hydrogens is 410 g/mol. The van der Waals surface area contributed by atoms with Crippen molar-refractivity contribution in [3.05, 3.63) is 76.9 Å². The standard InChI is InChI=1S/C21H16F2N4O2S/c1-12-18(13-8-9-15(22)16(23)10-13)24-21(30-12)25-20(28)19-17(29-2)11-27(26-19)14-6-4-3-5-7-14/h3-11H,1-2H3,(H,24,25,28). The number of ether oxygens (including phenoxy) is 1. The minimum Gasteiger partial charge on any atom is -0.493 e. The summed E-state index contributed by atoms with van der Waals surface area (Å²) in [6, 6.07) is 12.9. The van der Waals surface area contributed by atoms with E-state index >= 15 is 0 Å². The van der Waals surface area contributed by atoms with E-state index in [1.165, 1.54) is 24.5 Å². The molecule has 4 rings (SSSR count). The van der Waals surface area contributed by atoms with Gasteiger partial charge in [0.1, 0.15) is 0 Å². The fourth-order valence-corrected chi connectivity index (χ4v) is 3.73. The van der Waals surface area contributed by atoms with E-state index in [1.54, 1.807) is 17.8 Å². The van der Waals surface area contributed by atoms with Gasteiger partial charge in [0.25, 0.3) is 5.91 Å². The average Bonchev–Trinajstić information content (AvgIpc) is 3.34. The van der Waals surface area contributed by atoms with Gasteiger partial charge in [-0.2, -0.15) is 5.10 Å². The van der Waals surface area contributed by atoms with Crippen LogP contribution in [-0.4, -0.2) is 27.8 Å². The molecule has 0 atom stereocenters. The van der Waals surface area contributed by atoms with Crippen LogP contribution < -0.4 is 10.1 Å². The van der Waals surface area contributed by atoms with Crippen molar-refractivity contribution >= 4 is 22.4 Å². The first-order valence-corrected chi connectivity index (χ1v) is 9.71. The van der Waals surface area contributed by atoms with Gasteiger partial charge in [0.15, 0.2) is 28.2 Å². The highest BCUT2D eigenvalue weighted by atomic mass is 32.1. The van der Waals surface area contributed by atoms with Crippen LogP contribution in [-0.2, 0) is 0 Å². The van der Waals surface area contributed by atoms with Gasteiger partial charge in [-0.3, -0.25) is 10.1 Å². The number of carbonyl (C=O) groups is 1. The Morgan fingerprint density at radius 1 is 1.13 bits per heavy atom. The predicted octanol–water partition coefficient (Wildman–Crippen LogP) is 4.84. The van der Waals surface area contributed by atoms with Gasteiger partial charge in [-0.25, -0.2) is 18.4 Å². The third kappa shape index (κ3) is 3.79. The van der Waals surface area contributed by atoms with E-state index < -0.39 is 17.5 Å². The first-order valence-electron chi connectivity index (χ1n) is 8.89. The molecule has 9 heteroatoms. The number of nitrogens with one attached hydrogen (secondary N) is 1. The Kier molecular flexibility index (Phi) is 5.28. The molecule has 2 aromatic heterocycles. The van der Waals surface area contributed by atoms with Crippen LogP contribution in [0.5, 0.6) is 5.75 Å². The maximum Gasteiger partial charge on any atom is 0.281 e. The molecule has 0 saturated carbocycles. The SMILES string of the molecule is COc1cn(-c2ccccc2)nc1C(=O)Nc1nc(-c2ccc(F)c(F)c2)c(C)s1. The summed E-state index contributed by atoms with van der Waals surface area (Å²) in [4.78, 5) is 17.9. The summed E-state index contributed by atoms with van der Waals surface area (Å²) in [5.74, 6) is -2.07. The van der Waals surface area contributed by atoms with Crippen molar-refractivity contribution in [2.75, 3.05) is 12.4 Å². The summed E-state index contributed by atoms with van der Waals surface area (Å²) in [6.07, 6.45) is 1.62. The van der Waals surface area contributed by atoms with Gasteiger partial charge < -0.3 is 4.74 Å². The number of amides is 1. The molecule has 0 spiro atoms. The Hall–Kier alpha value is -3.59. The first kappa shape index (κ1) is 19.7. The zero-order chi connectivity index (χ0) is 21.3. The normalized spacial score (nSPS) is 10.8. The van der Waals surface area contributed by atoms with Gasteiger partial charge >= 0.3 is 0 Å². The molecule has 6 nitrogen and oxygen atoms in total. The number of thiazole rings is 1. The topological polar surface area (TPSA) is 69.0 Å². The fourth-order valence-electron chi connectivity index (χ4n) is 2.90. The van der Waals surface area contributed by atoms with Crippen LogP contribution in [0.4, 0.5) is 13.9 Å². The molecule has 0 saturated heterocycles. The Morgan fingerprint density at radius 2 is 1.90 bits per heavy atom. The van der Waals surface area contributed by atoms with Crippen molar-refractivity contribution in [3.8, 4) is 22.7 Å². The number of para-hydroxylation sites is 1. The van der Waals surface area contributed by atoms with Crippen molar-refractivity contribution in [3.63, 3.8) is 0 Å². The summed E-state index contributed by atoms with van der Waals surface area (Å²) in [7, 11) is 1.46. The van der Waals surface area contributed by atoms with Crippen molar-refractivity contribution in [1.82, 2.24) is 14.8 Å². The Morgan fingerprint density at radius 3 is 2.60 bits per heavy atom. The van der Waals surface area contributed by atoms with E-state index in [2.05, 4.69) is 15.4 Å². The smallest absolute Gasteiger partial charge is 0.281 e. The zero-order valence-corrected chi connectivity index (χ0v) is 16.8. The highest BCUT2D eigenvalue weighted by Crippen LogP contribution is 2.31. The lowest BCUT2D eigenvalue weighted by Crippen LogP contribution is -2.14. The molecule has 30 heavy (non-hydrogen) atoms. The number of rotatable bonds is 5. The Balaban J connectivity index is 1.60. The number of benzene rings is 2. The number of hydrogen-bond acceptors (Lipinski definition) is 5. The first-order chi connectivity index (χ1) is 14.5. The summed E-state index contributed by atoms with van der Waals surface area (Å²) >= 11 is 1.22. The van der Waals surface area contributed by atoms with E-state index in [9.17, 15) is 13.6 Å². The van der Waals surface area contributed by atoms with Crippen LogP contribution in [0.25, 0.3) is 16.9 Å². The van der Waals surface area contributed by atoms with Gasteiger partial charge in [0, 0.05) is 10.4 Å². The largest absolute Gasteiger partial charge is 0.493 e. The van der Waals surface area contributed by atoms with E-state index in [0.717, 1.165) is 22.7 Å². The lowest BCUT2D eigenvalue weighted by molar-refractivity contribution is 0.101. The van der Waals surface area contributed by atoms with Crippen LogP contribution in [0.2, 0.25) is 0 Å². The van der Waals surface area contributed by atoms with Crippen molar-refractivity contribution < 1.29 is 18.3 Å². The van der Waals surface area contributed by atoms with Crippen molar-refractivity contribution in [2.24, 2.45) is 0 Å². The van der Waals surface area contributed by atoms with E-state index in [-0.39, 0.29) is 5.69 Å². The summed E-state index contributed by atoms with van der Waals surface area (Å²) in [6.45, 7) is 1.79. The van der Waals surface area contributed by atoms with Crippen molar-refractivity contribution in [1.29, 1.82) is 0 Å².